The van der Waals surface area contributed by atoms with Gasteiger partial charge in [-0.3, -0.25) is 4.79 Å². The summed E-state index contributed by atoms with van der Waals surface area (Å²) in [5, 5.41) is 20.3. The van der Waals surface area contributed by atoms with Crippen molar-refractivity contribution < 1.29 is 15.0 Å². The third-order valence-corrected chi connectivity index (χ3v) is 6.53. The van der Waals surface area contributed by atoms with Gasteiger partial charge in [-0.15, -0.1) is 11.8 Å². The van der Waals surface area contributed by atoms with Crippen molar-refractivity contribution >= 4 is 17.5 Å². The van der Waals surface area contributed by atoms with E-state index in [1.54, 1.807) is 23.9 Å². The van der Waals surface area contributed by atoms with Gasteiger partial charge in [-0.05, 0) is 38.8 Å². The minimum Gasteiger partial charge on any atom is -0.396 e. The zero-order valence-electron chi connectivity index (χ0n) is 15.1. The molecule has 0 bridgehead atoms. The standard InChI is InChI=1S/C20H28O3S/c1-5-19(4)12-14(2)15(3)13-20(19,23)18(22)16-6-8-17(9-7-16)24-11-10-21/h6-9,21,23H,5,10-13H2,1-4H3. The predicted molar refractivity (Wildman–Crippen MR) is 99.5 cm³/mol. The number of thioether (sulfide) groups is 1. The highest BCUT2D eigenvalue weighted by molar-refractivity contribution is 7.99. The van der Waals surface area contributed by atoms with Gasteiger partial charge in [0.25, 0.3) is 0 Å². The fraction of sp³-hybridized carbons (Fsp3) is 0.550. The van der Waals surface area contributed by atoms with Crippen LogP contribution in [0.4, 0.5) is 0 Å². The van der Waals surface area contributed by atoms with E-state index in [1.807, 2.05) is 32.9 Å². The number of benzene rings is 1. The predicted octanol–water partition coefficient (Wildman–Crippen LogP) is 4.23. The van der Waals surface area contributed by atoms with E-state index in [1.165, 1.54) is 5.57 Å². The molecule has 0 saturated carbocycles. The molecule has 0 saturated heterocycles. The van der Waals surface area contributed by atoms with Crippen LogP contribution in [0, 0.1) is 5.41 Å². The van der Waals surface area contributed by atoms with E-state index in [9.17, 15) is 9.90 Å². The Kier molecular flexibility index (Phi) is 5.95. The van der Waals surface area contributed by atoms with Gasteiger partial charge < -0.3 is 10.2 Å². The van der Waals surface area contributed by atoms with Crippen LogP contribution in [0.15, 0.2) is 40.3 Å². The maximum Gasteiger partial charge on any atom is 0.195 e. The Morgan fingerprint density at radius 1 is 1.17 bits per heavy atom. The topological polar surface area (TPSA) is 57.5 Å². The molecule has 2 atom stereocenters. The number of aliphatic hydroxyl groups is 2. The van der Waals surface area contributed by atoms with Crippen LogP contribution in [-0.4, -0.2) is 34.0 Å². The molecular formula is C20H28O3S. The number of allylic oxidation sites excluding steroid dienone is 1. The first-order valence-electron chi connectivity index (χ1n) is 8.53. The van der Waals surface area contributed by atoms with Crippen molar-refractivity contribution in [1.29, 1.82) is 0 Å². The Hall–Kier alpha value is -1.10. The fourth-order valence-electron chi connectivity index (χ4n) is 3.51. The van der Waals surface area contributed by atoms with Crippen molar-refractivity contribution in [2.45, 2.75) is 57.5 Å². The van der Waals surface area contributed by atoms with Crippen molar-refractivity contribution in [3.8, 4) is 0 Å². The SMILES string of the molecule is CCC1(C)CC(C)=C(C)CC1(O)C(=O)c1ccc(SCCO)cc1. The number of carbonyl (C=O) groups is 1. The average molecular weight is 349 g/mol. The summed E-state index contributed by atoms with van der Waals surface area (Å²) in [4.78, 5) is 14.2. The molecule has 0 amide bonds. The lowest BCUT2D eigenvalue weighted by Gasteiger charge is -2.47. The Morgan fingerprint density at radius 3 is 2.29 bits per heavy atom. The highest BCUT2D eigenvalue weighted by Gasteiger charge is 2.53. The number of aliphatic hydroxyl groups excluding tert-OH is 1. The third kappa shape index (κ3) is 3.46. The molecule has 0 fully saturated rings. The number of carbonyl (C=O) groups excluding carboxylic acids is 1. The van der Waals surface area contributed by atoms with E-state index in [2.05, 4.69) is 6.92 Å². The van der Waals surface area contributed by atoms with Gasteiger partial charge in [0.05, 0.1) is 6.61 Å². The van der Waals surface area contributed by atoms with E-state index in [4.69, 9.17) is 5.11 Å². The molecule has 0 aliphatic heterocycles. The molecule has 1 aromatic carbocycles. The normalized spacial score (nSPS) is 27.4. The van der Waals surface area contributed by atoms with Gasteiger partial charge in [-0.25, -0.2) is 0 Å². The van der Waals surface area contributed by atoms with E-state index in [0.717, 1.165) is 23.3 Å². The largest absolute Gasteiger partial charge is 0.396 e. The molecule has 2 rings (SSSR count). The molecule has 1 aromatic rings. The lowest BCUT2D eigenvalue weighted by Crippen LogP contribution is -2.54. The number of rotatable bonds is 6. The summed E-state index contributed by atoms with van der Waals surface area (Å²) in [5.41, 5.74) is 1.15. The molecule has 2 unspecified atom stereocenters. The summed E-state index contributed by atoms with van der Waals surface area (Å²) < 4.78 is 0. The average Bonchev–Trinajstić information content (AvgIpc) is 2.58. The lowest BCUT2D eigenvalue weighted by atomic mass is 9.59. The van der Waals surface area contributed by atoms with E-state index >= 15 is 0 Å². The van der Waals surface area contributed by atoms with Gasteiger partial charge in [-0.2, -0.15) is 0 Å². The Labute approximate surface area is 149 Å². The molecule has 0 aromatic heterocycles. The Balaban J connectivity index is 2.32. The van der Waals surface area contributed by atoms with Crippen molar-refractivity contribution in [2.24, 2.45) is 5.41 Å². The van der Waals surface area contributed by atoms with Crippen molar-refractivity contribution in [2.75, 3.05) is 12.4 Å². The zero-order valence-corrected chi connectivity index (χ0v) is 15.9. The minimum absolute atomic E-state index is 0.130. The first-order chi connectivity index (χ1) is 11.3. The van der Waals surface area contributed by atoms with Gasteiger partial charge in [0.15, 0.2) is 5.78 Å². The first-order valence-corrected chi connectivity index (χ1v) is 9.52. The maximum atomic E-state index is 13.2. The van der Waals surface area contributed by atoms with Crippen LogP contribution in [0.3, 0.4) is 0 Å². The van der Waals surface area contributed by atoms with Gasteiger partial charge >= 0.3 is 0 Å². The highest BCUT2D eigenvalue weighted by atomic mass is 32.2. The molecule has 132 valence electrons. The van der Waals surface area contributed by atoms with Gasteiger partial charge in [0.1, 0.15) is 5.60 Å². The number of ketones is 1. The third-order valence-electron chi connectivity index (χ3n) is 5.54. The van der Waals surface area contributed by atoms with Gasteiger partial charge in [0.2, 0.25) is 0 Å². The molecule has 1 aliphatic carbocycles. The quantitative estimate of drug-likeness (QED) is 0.459. The highest BCUT2D eigenvalue weighted by Crippen LogP contribution is 2.49. The van der Waals surface area contributed by atoms with Crippen molar-refractivity contribution in [1.82, 2.24) is 0 Å². The Bertz CT molecular complexity index is 635. The summed E-state index contributed by atoms with van der Waals surface area (Å²) in [5.74, 6) is 0.450. The van der Waals surface area contributed by atoms with Crippen molar-refractivity contribution in [3.63, 3.8) is 0 Å². The van der Waals surface area contributed by atoms with E-state index < -0.39 is 11.0 Å². The molecule has 3 nitrogen and oxygen atoms in total. The smallest absolute Gasteiger partial charge is 0.195 e. The summed E-state index contributed by atoms with van der Waals surface area (Å²) in [6.07, 6.45) is 1.91. The minimum atomic E-state index is -1.36. The summed E-state index contributed by atoms with van der Waals surface area (Å²) in [6, 6.07) is 7.35. The molecule has 2 N–H and O–H groups in total. The number of Topliss-reactive ketones (excluding diaryl/α,β-unsaturated/α-hetero) is 1. The second-order valence-corrected chi connectivity index (χ2v) is 8.28. The molecule has 1 aliphatic rings. The molecule has 0 spiro atoms. The van der Waals surface area contributed by atoms with Crippen LogP contribution >= 0.6 is 11.8 Å². The summed E-state index contributed by atoms with van der Waals surface area (Å²) >= 11 is 1.55. The van der Waals surface area contributed by atoms with E-state index in [-0.39, 0.29) is 12.4 Å². The second-order valence-electron chi connectivity index (χ2n) is 7.11. The summed E-state index contributed by atoms with van der Waals surface area (Å²) in [6.45, 7) is 8.30. The van der Waals surface area contributed by atoms with Crippen molar-refractivity contribution in [3.05, 3.63) is 41.0 Å². The lowest BCUT2D eigenvalue weighted by molar-refractivity contribution is -0.0564. The zero-order chi connectivity index (χ0) is 18.0. The maximum absolute atomic E-state index is 13.2. The second kappa shape index (κ2) is 7.42. The molecule has 0 radical (unpaired) electrons. The van der Waals surface area contributed by atoms with Crippen LogP contribution < -0.4 is 0 Å². The van der Waals surface area contributed by atoms with Gasteiger partial charge in [-0.1, -0.05) is 37.1 Å². The van der Waals surface area contributed by atoms with Crippen LogP contribution in [-0.2, 0) is 0 Å². The monoisotopic (exact) mass is 348 g/mol. The van der Waals surface area contributed by atoms with Crippen LogP contribution in [0.5, 0.6) is 0 Å². The molecule has 24 heavy (non-hydrogen) atoms. The van der Waals surface area contributed by atoms with E-state index in [0.29, 0.717) is 17.7 Å². The first kappa shape index (κ1) is 19.2. The number of hydrogen-bond donors (Lipinski definition) is 2. The van der Waals surface area contributed by atoms with Crippen LogP contribution in [0.2, 0.25) is 0 Å². The summed E-state index contributed by atoms with van der Waals surface area (Å²) in [7, 11) is 0. The fourth-order valence-corrected chi connectivity index (χ4v) is 4.16. The van der Waals surface area contributed by atoms with Gasteiger partial charge in [0, 0.05) is 28.0 Å². The van der Waals surface area contributed by atoms with Crippen LogP contribution in [0.25, 0.3) is 0 Å². The van der Waals surface area contributed by atoms with Crippen LogP contribution in [0.1, 0.15) is 57.3 Å². The Morgan fingerprint density at radius 2 is 1.75 bits per heavy atom. The molecular weight excluding hydrogens is 320 g/mol. The number of hydrogen-bond acceptors (Lipinski definition) is 4. The molecule has 4 heteroatoms. The molecule has 0 heterocycles.